The van der Waals surface area contributed by atoms with Crippen molar-refractivity contribution in [1.82, 2.24) is 4.90 Å². The van der Waals surface area contributed by atoms with Crippen molar-refractivity contribution in [2.75, 3.05) is 19.8 Å². The lowest BCUT2D eigenvalue weighted by atomic mass is 9.49. The molecular formula is C24H39NO5S. The highest BCUT2D eigenvalue weighted by atomic mass is 32.2. The Morgan fingerprint density at radius 2 is 1.87 bits per heavy atom. The van der Waals surface area contributed by atoms with Gasteiger partial charge in [0.05, 0.1) is 6.26 Å². The number of likely N-dealkylation sites (tertiary alicyclic amines) is 1. The van der Waals surface area contributed by atoms with E-state index < -0.39 is 10.1 Å². The average molecular weight is 454 g/mol. The molecule has 1 unspecified atom stereocenters. The van der Waals surface area contributed by atoms with Crippen LogP contribution in [0, 0.1) is 11.3 Å². The van der Waals surface area contributed by atoms with Crippen molar-refractivity contribution < 1.29 is 22.9 Å². The molecule has 1 aromatic carbocycles. The van der Waals surface area contributed by atoms with Crippen LogP contribution in [0.1, 0.15) is 70.9 Å². The van der Waals surface area contributed by atoms with Gasteiger partial charge in [-0.2, -0.15) is 8.42 Å². The minimum Gasteiger partial charge on any atom is -0.508 e. The van der Waals surface area contributed by atoms with Crippen molar-refractivity contribution in [1.29, 1.82) is 0 Å². The van der Waals surface area contributed by atoms with E-state index in [1.807, 2.05) is 12.1 Å². The van der Waals surface area contributed by atoms with Gasteiger partial charge < -0.3 is 10.0 Å². The molecule has 0 saturated carbocycles. The predicted octanol–water partition coefficient (Wildman–Crippen LogP) is 4.21. The van der Waals surface area contributed by atoms with E-state index in [2.05, 4.69) is 45.7 Å². The van der Waals surface area contributed by atoms with Crippen LogP contribution in [0.25, 0.3) is 0 Å². The van der Waals surface area contributed by atoms with Crippen LogP contribution in [0.4, 0.5) is 0 Å². The van der Waals surface area contributed by atoms with Crippen molar-refractivity contribution in [2.24, 2.45) is 11.3 Å². The Morgan fingerprint density at radius 3 is 2.45 bits per heavy atom. The monoisotopic (exact) mass is 453 g/mol. The summed E-state index contributed by atoms with van der Waals surface area (Å²) in [6, 6.07) is 6.35. The summed E-state index contributed by atoms with van der Waals surface area (Å²) in [7, 11) is -1.44. The van der Waals surface area contributed by atoms with Gasteiger partial charge >= 0.3 is 0 Å². The van der Waals surface area contributed by atoms with Crippen LogP contribution in [-0.4, -0.2) is 54.7 Å². The number of fused-ring (bicyclic) bond motifs is 4. The number of Topliss-reactive ketones (excluding diaryl/α,β-unsaturated/α-hetero) is 1. The number of hydrogen-bond donors (Lipinski definition) is 2. The number of rotatable bonds is 6. The number of hydrogen-bond acceptors (Lipinski definition) is 5. The molecule has 1 aliphatic heterocycles. The quantitative estimate of drug-likeness (QED) is 0.627. The van der Waals surface area contributed by atoms with E-state index in [4.69, 9.17) is 4.55 Å². The maximum absolute atomic E-state index is 12.5. The van der Waals surface area contributed by atoms with Crippen LogP contribution in [0.5, 0.6) is 5.75 Å². The summed E-state index contributed by atoms with van der Waals surface area (Å²) in [5.74, 6) is 1.35. The second-order valence-corrected chi connectivity index (χ2v) is 11.7. The number of carbonyl (C=O) groups excluding carboxylic acids is 1. The van der Waals surface area contributed by atoms with Gasteiger partial charge in [0.1, 0.15) is 11.5 Å². The van der Waals surface area contributed by atoms with Crippen LogP contribution in [0.2, 0.25) is 0 Å². The molecule has 31 heavy (non-hydrogen) atoms. The summed E-state index contributed by atoms with van der Waals surface area (Å²) in [4.78, 5) is 15.0. The topological polar surface area (TPSA) is 94.9 Å². The number of ketones is 1. The first-order valence-corrected chi connectivity index (χ1v) is 13.0. The molecule has 0 spiro atoms. The van der Waals surface area contributed by atoms with E-state index in [-0.39, 0.29) is 10.8 Å². The highest BCUT2D eigenvalue weighted by Gasteiger charge is 2.57. The van der Waals surface area contributed by atoms with Crippen LogP contribution in [0.3, 0.4) is 0 Å². The van der Waals surface area contributed by atoms with Crippen molar-refractivity contribution in [3.8, 4) is 5.75 Å². The molecule has 2 bridgehead atoms. The van der Waals surface area contributed by atoms with Crippen molar-refractivity contribution >= 4 is 15.9 Å². The summed E-state index contributed by atoms with van der Waals surface area (Å²) >= 11 is 0. The number of phenolic OH excluding ortho intramolecular Hbond substituents is 1. The second kappa shape index (κ2) is 9.59. The molecule has 1 heterocycles. The van der Waals surface area contributed by atoms with E-state index in [0.29, 0.717) is 42.6 Å². The standard InChI is InChI=1S/C23H35NO2.CH4O3S/c1-16(2)6-8-18(25)10-11-23(4)21-14-17-7-9-19(26)15-20(17)22(23,3)12-13-24(21)5;1-5(2,3)4/h7,9,15-16,21,26H,6,8,10-14H2,1-5H3;1H3,(H,2,3,4)/t21-,22+,23?;/m1./s1. The van der Waals surface area contributed by atoms with Gasteiger partial charge in [0, 0.05) is 24.3 Å². The summed E-state index contributed by atoms with van der Waals surface area (Å²) in [5, 5.41) is 10.1. The maximum atomic E-state index is 12.5. The zero-order valence-electron chi connectivity index (χ0n) is 19.8. The fraction of sp³-hybridized carbons (Fsp3) is 0.708. The van der Waals surface area contributed by atoms with Crippen LogP contribution in [0.15, 0.2) is 18.2 Å². The third-order valence-corrected chi connectivity index (χ3v) is 7.52. The Balaban J connectivity index is 0.000000614. The predicted molar refractivity (Wildman–Crippen MR) is 124 cm³/mol. The minimum atomic E-state index is -3.67. The molecule has 2 N–H and O–H groups in total. The molecule has 0 amide bonds. The first-order chi connectivity index (χ1) is 14.2. The molecule has 2 aliphatic rings. The van der Waals surface area contributed by atoms with E-state index in [9.17, 15) is 18.3 Å². The summed E-state index contributed by atoms with van der Waals surface area (Å²) in [5.41, 5.74) is 2.73. The number of aromatic hydroxyl groups is 1. The van der Waals surface area contributed by atoms with Gasteiger partial charge in [-0.3, -0.25) is 9.35 Å². The first-order valence-electron chi connectivity index (χ1n) is 11.1. The number of piperidine rings is 1. The van der Waals surface area contributed by atoms with Gasteiger partial charge in [-0.1, -0.05) is 33.8 Å². The van der Waals surface area contributed by atoms with Crippen molar-refractivity contribution in [2.45, 2.75) is 77.7 Å². The number of phenols is 1. The normalized spacial score (nSPS) is 27.9. The number of likely N-dealkylation sites (N-methyl/N-ethyl adjacent to an activating group) is 1. The number of nitrogens with zero attached hydrogens (tertiary/aromatic N) is 1. The molecule has 3 atom stereocenters. The Kier molecular flexibility index (Phi) is 7.99. The van der Waals surface area contributed by atoms with Crippen molar-refractivity contribution in [3.05, 3.63) is 29.3 Å². The smallest absolute Gasteiger partial charge is 0.261 e. The third-order valence-electron chi connectivity index (χ3n) is 7.52. The summed E-state index contributed by atoms with van der Waals surface area (Å²) in [6.07, 6.45) is 6.12. The Bertz CT molecular complexity index is 889. The molecule has 0 aromatic heterocycles. The van der Waals surface area contributed by atoms with Crippen LogP contribution in [-0.2, 0) is 26.7 Å². The average Bonchev–Trinajstić information content (AvgIpc) is 2.64. The maximum Gasteiger partial charge on any atom is 0.261 e. The molecule has 3 rings (SSSR count). The van der Waals surface area contributed by atoms with Gasteiger partial charge in [0.15, 0.2) is 0 Å². The van der Waals surface area contributed by atoms with Gasteiger partial charge in [-0.15, -0.1) is 0 Å². The first kappa shape index (κ1) is 25.8. The Labute approximate surface area is 187 Å². The summed E-state index contributed by atoms with van der Waals surface area (Å²) < 4.78 is 25.9. The van der Waals surface area contributed by atoms with Gasteiger partial charge in [0.25, 0.3) is 10.1 Å². The summed E-state index contributed by atoms with van der Waals surface area (Å²) in [6.45, 7) is 10.2. The highest BCUT2D eigenvalue weighted by Crippen LogP contribution is 2.58. The molecule has 6 nitrogen and oxygen atoms in total. The van der Waals surface area contributed by atoms with Gasteiger partial charge in [-0.25, -0.2) is 0 Å². The third kappa shape index (κ3) is 6.08. The molecular weight excluding hydrogens is 414 g/mol. The highest BCUT2D eigenvalue weighted by molar-refractivity contribution is 7.85. The molecule has 1 aliphatic carbocycles. The Morgan fingerprint density at radius 1 is 1.26 bits per heavy atom. The largest absolute Gasteiger partial charge is 0.508 e. The lowest BCUT2D eigenvalue weighted by Crippen LogP contribution is -2.64. The zero-order chi connectivity index (χ0) is 23.6. The van der Waals surface area contributed by atoms with Crippen molar-refractivity contribution in [3.63, 3.8) is 0 Å². The van der Waals surface area contributed by atoms with Gasteiger partial charge in [0.2, 0.25) is 0 Å². The lowest BCUT2D eigenvalue weighted by Gasteiger charge is -2.62. The Hall–Kier alpha value is -1.44. The minimum absolute atomic E-state index is 0.00876. The molecule has 1 aromatic rings. The SMILES string of the molecule is CC(C)CCC(=O)CCC1(C)[C@H]2Cc3ccc(O)cc3[C@]1(C)CCN2C.CS(=O)(=O)O. The lowest BCUT2D eigenvalue weighted by molar-refractivity contribution is -0.121. The molecule has 176 valence electrons. The molecule has 1 saturated heterocycles. The number of benzene rings is 1. The fourth-order valence-electron chi connectivity index (χ4n) is 5.40. The zero-order valence-corrected chi connectivity index (χ0v) is 20.6. The van der Waals surface area contributed by atoms with Crippen LogP contribution >= 0.6 is 0 Å². The molecule has 1 fully saturated rings. The molecule has 7 heteroatoms. The van der Waals surface area contributed by atoms with E-state index in [1.165, 1.54) is 11.1 Å². The van der Waals surface area contributed by atoms with E-state index in [1.54, 1.807) is 0 Å². The molecule has 0 radical (unpaired) electrons. The van der Waals surface area contributed by atoms with Gasteiger partial charge in [-0.05, 0) is 73.9 Å². The second-order valence-electron chi connectivity index (χ2n) is 10.2. The van der Waals surface area contributed by atoms with Crippen LogP contribution < -0.4 is 0 Å². The van der Waals surface area contributed by atoms with E-state index in [0.717, 1.165) is 32.2 Å². The fourth-order valence-corrected chi connectivity index (χ4v) is 5.40. The number of carbonyl (C=O) groups is 1. The van der Waals surface area contributed by atoms with E-state index >= 15 is 0 Å².